The number of para-hydroxylation sites is 2. The summed E-state index contributed by atoms with van der Waals surface area (Å²) in [5, 5.41) is 11.2. The first-order valence-electron chi connectivity index (χ1n) is 8.65. The van der Waals surface area contributed by atoms with Gasteiger partial charge in [0.05, 0.1) is 6.07 Å². The van der Waals surface area contributed by atoms with Crippen LogP contribution in [-0.4, -0.2) is 25.7 Å². The number of carbonyl (C=O) groups is 1. The average Bonchev–Trinajstić information content (AvgIpc) is 2.62. The number of hydrogen-bond donors (Lipinski definition) is 1. The third-order valence-corrected chi connectivity index (χ3v) is 3.92. The van der Waals surface area contributed by atoms with Gasteiger partial charge in [0.25, 0.3) is 0 Å². The minimum atomic E-state index is -0.257. The number of rotatable bonds is 9. The van der Waals surface area contributed by atoms with Crippen LogP contribution in [0.4, 0.5) is 0 Å². The molecule has 0 aromatic heterocycles. The number of nitriles is 1. The minimum absolute atomic E-state index is 0.117. The number of benzene rings is 2. The summed E-state index contributed by atoms with van der Waals surface area (Å²) in [6.07, 6.45) is 0.527. The average molecular weight is 352 g/mol. The number of nitrogens with zero attached hydrogens (tertiary/aromatic N) is 1. The Hall–Kier alpha value is -3.00. The fourth-order valence-electron chi connectivity index (χ4n) is 2.64. The van der Waals surface area contributed by atoms with Crippen LogP contribution in [0.25, 0.3) is 0 Å². The summed E-state index contributed by atoms with van der Waals surface area (Å²) in [5.74, 6) is 1.43. The SMILES string of the molecule is Cc1cccc(C)c1OCCOc1ccccc1CCNC(=O)CC#N. The van der Waals surface area contributed by atoms with Gasteiger partial charge in [-0.3, -0.25) is 4.79 Å². The molecule has 136 valence electrons. The number of nitrogens with one attached hydrogen (secondary N) is 1. The van der Waals surface area contributed by atoms with Crippen molar-refractivity contribution in [3.63, 3.8) is 0 Å². The molecular weight excluding hydrogens is 328 g/mol. The highest BCUT2D eigenvalue weighted by atomic mass is 16.5. The highest BCUT2D eigenvalue weighted by Gasteiger charge is 2.06. The fraction of sp³-hybridized carbons (Fsp3) is 0.333. The summed E-state index contributed by atoms with van der Waals surface area (Å²) < 4.78 is 11.7. The largest absolute Gasteiger partial charge is 0.490 e. The van der Waals surface area contributed by atoms with Gasteiger partial charge in [0.2, 0.25) is 5.91 Å². The number of ether oxygens (including phenoxy) is 2. The first kappa shape index (κ1) is 19.3. The molecule has 0 bridgehead atoms. The van der Waals surface area contributed by atoms with E-state index in [4.69, 9.17) is 14.7 Å². The lowest BCUT2D eigenvalue weighted by Crippen LogP contribution is -2.25. The van der Waals surface area contributed by atoms with Crippen LogP contribution in [-0.2, 0) is 11.2 Å². The van der Waals surface area contributed by atoms with Crippen LogP contribution in [0.15, 0.2) is 42.5 Å². The van der Waals surface area contributed by atoms with E-state index in [0.29, 0.717) is 26.2 Å². The molecule has 2 aromatic rings. The van der Waals surface area contributed by atoms with E-state index >= 15 is 0 Å². The Labute approximate surface area is 154 Å². The van der Waals surface area contributed by atoms with Crippen molar-refractivity contribution in [2.45, 2.75) is 26.7 Å². The number of carbonyl (C=O) groups excluding carboxylic acids is 1. The number of hydrogen-bond acceptors (Lipinski definition) is 4. The molecule has 1 N–H and O–H groups in total. The molecule has 0 heterocycles. The quantitative estimate of drug-likeness (QED) is 0.703. The molecule has 0 aliphatic carbocycles. The Morgan fingerprint density at radius 2 is 1.73 bits per heavy atom. The third kappa shape index (κ3) is 5.82. The molecule has 0 saturated carbocycles. The first-order chi connectivity index (χ1) is 12.6. The summed E-state index contributed by atoms with van der Waals surface area (Å²) in [5.41, 5.74) is 3.23. The van der Waals surface area contributed by atoms with Crippen LogP contribution in [0.5, 0.6) is 11.5 Å². The van der Waals surface area contributed by atoms with Crippen molar-refractivity contribution in [2.24, 2.45) is 0 Å². The zero-order chi connectivity index (χ0) is 18.8. The van der Waals surface area contributed by atoms with Gasteiger partial charge in [0.1, 0.15) is 31.1 Å². The summed E-state index contributed by atoms with van der Waals surface area (Å²) in [7, 11) is 0. The maximum absolute atomic E-state index is 11.3. The van der Waals surface area contributed by atoms with Crippen molar-refractivity contribution < 1.29 is 14.3 Å². The Balaban J connectivity index is 1.82. The number of aryl methyl sites for hydroxylation is 2. The van der Waals surface area contributed by atoms with Gasteiger partial charge in [0.15, 0.2) is 0 Å². The van der Waals surface area contributed by atoms with Crippen LogP contribution in [0.1, 0.15) is 23.1 Å². The molecule has 5 nitrogen and oxygen atoms in total. The molecule has 0 aliphatic heterocycles. The van der Waals surface area contributed by atoms with Gasteiger partial charge in [-0.05, 0) is 43.0 Å². The molecule has 1 amide bonds. The predicted octanol–water partition coefficient (Wildman–Crippen LogP) is 3.33. The molecule has 5 heteroatoms. The summed E-state index contributed by atoms with van der Waals surface area (Å²) >= 11 is 0. The van der Waals surface area contributed by atoms with E-state index in [0.717, 1.165) is 28.2 Å². The van der Waals surface area contributed by atoms with E-state index in [-0.39, 0.29) is 12.3 Å². The highest BCUT2D eigenvalue weighted by molar-refractivity contribution is 5.77. The monoisotopic (exact) mass is 352 g/mol. The van der Waals surface area contributed by atoms with Gasteiger partial charge >= 0.3 is 0 Å². The Kier molecular flexibility index (Phi) is 7.50. The standard InChI is InChI=1S/C21H24N2O3/c1-16-6-5-7-17(2)21(16)26-15-14-25-19-9-4-3-8-18(19)11-13-23-20(24)10-12-22/h3-9H,10-11,13-15H2,1-2H3,(H,23,24). The molecule has 2 aromatic carbocycles. The van der Waals surface area contributed by atoms with Crippen LogP contribution in [0, 0.1) is 25.2 Å². The maximum atomic E-state index is 11.3. The van der Waals surface area contributed by atoms with Crippen LogP contribution in [0.2, 0.25) is 0 Å². The molecule has 0 unspecified atom stereocenters. The van der Waals surface area contributed by atoms with Gasteiger partial charge in [0, 0.05) is 6.54 Å². The van der Waals surface area contributed by atoms with Crippen LogP contribution in [0.3, 0.4) is 0 Å². The third-order valence-electron chi connectivity index (χ3n) is 3.92. The molecule has 0 spiro atoms. The van der Waals surface area contributed by atoms with Crippen LogP contribution >= 0.6 is 0 Å². The smallest absolute Gasteiger partial charge is 0.234 e. The van der Waals surface area contributed by atoms with Crippen molar-refractivity contribution in [2.75, 3.05) is 19.8 Å². The Morgan fingerprint density at radius 3 is 2.46 bits per heavy atom. The van der Waals surface area contributed by atoms with Crippen molar-refractivity contribution in [3.05, 3.63) is 59.2 Å². The predicted molar refractivity (Wildman–Crippen MR) is 100 cm³/mol. The second kappa shape index (κ2) is 10.1. The number of amides is 1. The molecule has 0 atom stereocenters. The maximum Gasteiger partial charge on any atom is 0.234 e. The Morgan fingerprint density at radius 1 is 1.04 bits per heavy atom. The summed E-state index contributed by atoms with van der Waals surface area (Å²) in [6, 6.07) is 15.6. The molecular formula is C21H24N2O3. The van der Waals surface area contributed by atoms with E-state index in [1.807, 2.05) is 62.4 Å². The van der Waals surface area contributed by atoms with E-state index in [9.17, 15) is 4.79 Å². The second-order valence-electron chi connectivity index (χ2n) is 5.96. The fourth-order valence-corrected chi connectivity index (χ4v) is 2.64. The minimum Gasteiger partial charge on any atom is -0.490 e. The molecule has 0 fully saturated rings. The lowest BCUT2D eigenvalue weighted by atomic mass is 10.1. The summed E-state index contributed by atoms with van der Waals surface area (Å²) in [6.45, 7) is 5.42. The van der Waals surface area contributed by atoms with E-state index in [1.54, 1.807) is 0 Å². The van der Waals surface area contributed by atoms with Gasteiger partial charge in [-0.1, -0.05) is 36.4 Å². The van der Waals surface area contributed by atoms with Crippen molar-refractivity contribution in [1.82, 2.24) is 5.32 Å². The molecule has 0 aliphatic rings. The van der Waals surface area contributed by atoms with Gasteiger partial charge in [-0.15, -0.1) is 0 Å². The molecule has 2 rings (SSSR count). The van der Waals surface area contributed by atoms with E-state index < -0.39 is 0 Å². The van der Waals surface area contributed by atoms with Gasteiger partial charge in [-0.25, -0.2) is 0 Å². The molecule has 0 saturated heterocycles. The van der Waals surface area contributed by atoms with E-state index in [1.165, 1.54) is 0 Å². The molecule has 26 heavy (non-hydrogen) atoms. The van der Waals surface area contributed by atoms with Crippen molar-refractivity contribution in [1.29, 1.82) is 5.26 Å². The van der Waals surface area contributed by atoms with Gasteiger partial charge < -0.3 is 14.8 Å². The summed E-state index contributed by atoms with van der Waals surface area (Å²) in [4.78, 5) is 11.3. The lowest BCUT2D eigenvalue weighted by Gasteiger charge is -2.14. The lowest BCUT2D eigenvalue weighted by molar-refractivity contribution is -0.120. The first-order valence-corrected chi connectivity index (χ1v) is 8.65. The van der Waals surface area contributed by atoms with Crippen molar-refractivity contribution in [3.8, 4) is 17.6 Å². The zero-order valence-electron chi connectivity index (χ0n) is 15.2. The normalized spacial score (nSPS) is 10.0. The topological polar surface area (TPSA) is 71.3 Å². The zero-order valence-corrected chi connectivity index (χ0v) is 15.2. The Bertz CT molecular complexity index is 761. The highest BCUT2D eigenvalue weighted by Crippen LogP contribution is 2.22. The van der Waals surface area contributed by atoms with Crippen LogP contribution < -0.4 is 14.8 Å². The molecule has 0 radical (unpaired) electrons. The van der Waals surface area contributed by atoms with Crippen molar-refractivity contribution >= 4 is 5.91 Å². The second-order valence-corrected chi connectivity index (χ2v) is 5.96. The van der Waals surface area contributed by atoms with Gasteiger partial charge in [-0.2, -0.15) is 5.26 Å². The van der Waals surface area contributed by atoms with E-state index in [2.05, 4.69) is 5.32 Å².